The summed E-state index contributed by atoms with van der Waals surface area (Å²) in [6.45, 7) is 4.04. The summed E-state index contributed by atoms with van der Waals surface area (Å²) >= 11 is 0. The molecule has 0 saturated heterocycles. The van der Waals surface area contributed by atoms with Crippen LogP contribution in [0.2, 0.25) is 0 Å². The second-order valence-electron chi connectivity index (χ2n) is 3.53. The Labute approximate surface area is 83.9 Å². The first-order valence-electron chi connectivity index (χ1n) is 4.72. The summed E-state index contributed by atoms with van der Waals surface area (Å²) in [4.78, 5) is 0. The number of aryl methyl sites for hydroxylation is 2. The van der Waals surface area contributed by atoms with Gasteiger partial charge in [0.1, 0.15) is 5.82 Å². The zero-order valence-corrected chi connectivity index (χ0v) is 8.91. The molecule has 0 amide bonds. The van der Waals surface area contributed by atoms with E-state index in [0.29, 0.717) is 12.1 Å². The van der Waals surface area contributed by atoms with Crippen molar-refractivity contribution in [2.45, 2.75) is 26.3 Å². The van der Waals surface area contributed by atoms with Gasteiger partial charge in [0.2, 0.25) is 0 Å². The molecule has 1 aromatic heterocycles. The standard InChI is InChI=1S/C9H18N4O/c1-6(4-5-14)11-9-8(10)7(2)12-13(9)3/h6,11,14H,4-5,10H2,1-3H3. The van der Waals surface area contributed by atoms with Crippen LogP contribution in [0.5, 0.6) is 0 Å². The zero-order chi connectivity index (χ0) is 10.7. The lowest BCUT2D eigenvalue weighted by Crippen LogP contribution is -2.19. The molecular formula is C9H18N4O. The van der Waals surface area contributed by atoms with E-state index in [4.69, 9.17) is 10.8 Å². The molecule has 0 saturated carbocycles. The van der Waals surface area contributed by atoms with Crippen LogP contribution in [0.15, 0.2) is 0 Å². The molecular weight excluding hydrogens is 180 g/mol. The molecule has 1 rings (SSSR count). The molecule has 1 unspecified atom stereocenters. The Kier molecular flexibility index (Phi) is 3.35. The first-order valence-corrected chi connectivity index (χ1v) is 4.72. The Morgan fingerprint density at radius 3 is 2.71 bits per heavy atom. The molecule has 80 valence electrons. The van der Waals surface area contributed by atoms with E-state index in [1.165, 1.54) is 0 Å². The highest BCUT2D eigenvalue weighted by molar-refractivity contribution is 5.64. The van der Waals surface area contributed by atoms with Crippen LogP contribution in [-0.4, -0.2) is 27.5 Å². The number of nitrogens with one attached hydrogen (secondary N) is 1. The van der Waals surface area contributed by atoms with Crippen molar-refractivity contribution >= 4 is 11.5 Å². The SMILES string of the molecule is Cc1nn(C)c(NC(C)CCO)c1N. The monoisotopic (exact) mass is 198 g/mol. The van der Waals surface area contributed by atoms with Gasteiger partial charge in [-0.1, -0.05) is 0 Å². The average Bonchev–Trinajstić information content (AvgIpc) is 2.33. The van der Waals surface area contributed by atoms with E-state index in [0.717, 1.165) is 11.5 Å². The van der Waals surface area contributed by atoms with Crippen LogP contribution in [0, 0.1) is 6.92 Å². The maximum absolute atomic E-state index is 8.76. The predicted octanol–water partition coefficient (Wildman–Crippen LogP) is 0.494. The van der Waals surface area contributed by atoms with E-state index >= 15 is 0 Å². The summed E-state index contributed by atoms with van der Waals surface area (Å²) in [6, 6.07) is 0.192. The third kappa shape index (κ3) is 2.17. The molecule has 14 heavy (non-hydrogen) atoms. The summed E-state index contributed by atoms with van der Waals surface area (Å²) in [6.07, 6.45) is 0.698. The molecule has 4 N–H and O–H groups in total. The van der Waals surface area contributed by atoms with Gasteiger partial charge >= 0.3 is 0 Å². The van der Waals surface area contributed by atoms with Crippen molar-refractivity contribution < 1.29 is 5.11 Å². The summed E-state index contributed by atoms with van der Waals surface area (Å²) < 4.78 is 1.72. The molecule has 0 spiro atoms. The van der Waals surface area contributed by atoms with Gasteiger partial charge < -0.3 is 16.2 Å². The Bertz CT molecular complexity index is 308. The van der Waals surface area contributed by atoms with Crippen LogP contribution in [0.3, 0.4) is 0 Å². The number of nitrogens with zero attached hydrogens (tertiary/aromatic N) is 2. The van der Waals surface area contributed by atoms with Gasteiger partial charge in [0, 0.05) is 19.7 Å². The van der Waals surface area contributed by atoms with E-state index in [9.17, 15) is 0 Å². The van der Waals surface area contributed by atoms with Gasteiger partial charge in [-0.15, -0.1) is 0 Å². The minimum atomic E-state index is 0.172. The number of aromatic nitrogens is 2. The minimum Gasteiger partial charge on any atom is -0.396 e. The average molecular weight is 198 g/mol. The second kappa shape index (κ2) is 4.32. The zero-order valence-electron chi connectivity index (χ0n) is 8.91. The number of anilines is 2. The van der Waals surface area contributed by atoms with Crippen LogP contribution in [-0.2, 0) is 7.05 Å². The molecule has 0 aliphatic carbocycles. The Morgan fingerprint density at radius 1 is 1.64 bits per heavy atom. The van der Waals surface area contributed by atoms with Gasteiger partial charge in [-0.2, -0.15) is 5.10 Å². The van der Waals surface area contributed by atoms with Crippen molar-refractivity contribution in [3.63, 3.8) is 0 Å². The molecule has 0 radical (unpaired) electrons. The topological polar surface area (TPSA) is 76.1 Å². The molecule has 5 heteroatoms. The maximum atomic E-state index is 8.76. The molecule has 1 aromatic rings. The molecule has 1 atom stereocenters. The van der Waals surface area contributed by atoms with Crippen LogP contribution < -0.4 is 11.1 Å². The number of hydrogen-bond donors (Lipinski definition) is 3. The summed E-state index contributed by atoms with van der Waals surface area (Å²) in [5.41, 5.74) is 7.34. The second-order valence-corrected chi connectivity index (χ2v) is 3.53. The van der Waals surface area contributed by atoms with Gasteiger partial charge in [-0.25, -0.2) is 0 Å². The fourth-order valence-corrected chi connectivity index (χ4v) is 1.34. The molecule has 0 bridgehead atoms. The van der Waals surface area contributed by atoms with E-state index in [2.05, 4.69) is 10.4 Å². The predicted molar refractivity (Wildman–Crippen MR) is 57.1 cm³/mol. The van der Waals surface area contributed by atoms with Crippen molar-refractivity contribution in [2.24, 2.45) is 7.05 Å². The number of nitrogen functional groups attached to an aromatic ring is 1. The smallest absolute Gasteiger partial charge is 0.147 e. The summed E-state index contributed by atoms with van der Waals surface area (Å²) in [7, 11) is 1.84. The van der Waals surface area contributed by atoms with E-state index < -0.39 is 0 Å². The van der Waals surface area contributed by atoms with Gasteiger partial charge in [0.15, 0.2) is 0 Å². The molecule has 1 heterocycles. The minimum absolute atomic E-state index is 0.172. The molecule has 0 aliphatic rings. The number of hydrogen-bond acceptors (Lipinski definition) is 4. The van der Waals surface area contributed by atoms with Crippen molar-refractivity contribution in [1.82, 2.24) is 9.78 Å². The first-order chi connectivity index (χ1) is 6.56. The largest absolute Gasteiger partial charge is 0.396 e. The molecule has 0 aromatic carbocycles. The third-order valence-electron chi connectivity index (χ3n) is 2.21. The van der Waals surface area contributed by atoms with E-state index in [1.54, 1.807) is 4.68 Å². The lowest BCUT2D eigenvalue weighted by atomic mass is 10.2. The van der Waals surface area contributed by atoms with Crippen molar-refractivity contribution in [3.8, 4) is 0 Å². The number of aliphatic hydroxyl groups is 1. The number of aliphatic hydroxyl groups excluding tert-OH is 1. The fourth-order valence-electron chi connectivity index (χ4n) is 1.34. The molecule has 0 fully saturated rings. The summed E-state index contributed by atoms with van der Waals surface area (Å²) in [5, 5.41) is 16.2. The maximum Gasteiger partial charge on any atom is 0.147 e. The van der Waals surface area contributed by atoms with Gasteiger partial charge in [-0.3, -0.25) is 4.68 Å². The summed E-state index contributed by atoms with van der Waals surface area (Å²) in [5.74, 6) is 0.823. The highest BCUT2D eigenvalue weighted by atomic mass is 16.3. The molecule has 5 nitrogen and oxygen atoms in total. The fraction of sp³-hybridized carbons (Fsp3) is 0.667. The van der Waals surface area contributed by atoms with Crippen LogP contribution in [0.1, 0.15) is 19.0 Å². The van der Waals surface area contributed by atoms with Crippen molar-refractivity contribution in [2.75, 3.05) is 17.7 Å². The normalized spacial score (nSPS) is 12.9. The third-order valence-corrected chi connectivity index (χ3v) is 2.21. The Hall–Kier alpha value is -1.23. The van der Waals surface area contributed by atoms with Crippen LogP contribution in [0.25, 0.3) is 0 Å². The van der Waals surface area contributed by atoms with Gasteiger partial charge in [-0.05, 0) is 20.3 Å². The Balaban J connectivity index is 2.75. The number of rotatable bonds is 4. The first kappa shape index (κ1) is 10.8. The van der Waals surface area contributed by atoms with E-state index in [-0.39, 0.29) is 12.6 Å². The molecule has 0 aliphatic heterocycles. The lowest BCUT2D eigenvalue weighted by Gasteiger charge is -2.14. The van der Waals surface area contributed by atoms with Gasteiger partial charge in [0.25, 0.3) is 0 Å². The van der Waals surface area contributed by atoms with Crippen molar-refractivity contribution in [3.05, 3.63) is 5.69 Å². The Morgan fingerprint density at radius 2 is 2.29 bits per heavy atom. The highest BCUT2D eigenvalue weighted by Crippen LogP contribution is 2.21. The highest BCUT2D eigenvalue weighted by Gasteiger charge is 2.11. The van der Waals surface area contributed by atoms with Gasteiger partial charge in [0.05, 0.1) is 11.4 Å². The number of nitrogens with two attached hydrogens (primary N) is 1. The lowest BCUT2D eigenvalue weighted by molar-refractivity contribution is 0.282. The van der Waals surface area contributed by atoms with Crippen LogP contribution >= 0.6 is 0 Å². The van der Waals surface area contributed by atoms with Crippen LogP contribution in [0.4, 0.5) is 11.5 Å². The van der Waals surface area contributed by atoms with E-state index in [1.807, 2.05) is 20.9 Å². The van der Waals surface area contributed by atoms with Crippen molar-refractivity contribution in [1.29, 1.82) is 0 Å². The quantitative estimate of drug-likeness (QED) is 0.658.